The van der Waals surface area contributed by atoms with Gasteiger partial charge in [-0.25, -0.2) is 0 Å². The maximum Gasteiger partial charge on any atom is 0.289 e. The maximum absolute atomic E-state index is 12.8. The standard InChI is InChI=1S/C22H21N3O2/c23-15-17-6-8-18(9-7-17)16-24-10-3-11-25(13-12-24)22(26)21-14-19-4-1-2-5-20(19)27-21/h1-2,4-9,14H,3,10-13,16H2. The van der Waals surface area contributed by atoms with Gasteiger partial charge in [0.05, 0.1) is 11.6 Å². The summed E-state index contributed by atoms with van der Waals surface area (Å²) in [6.07, 6.45) is 0.933. The smallest absolute Gasteiger partial charge is 0.289 e. The van der Waals surface area contributed by atoms with Gasteiger partial charge >= 0.3 is 0 Å². The average Bonchev–Trinajstić information content (AvgIpc) is 3.01. The molecule has 1 fully saturated rings. The van der Waals surface area contributed by atoms with Crippen molar-refractivity contribution in [3.05, 3.63) is 71.5 Å². The summed E-state index contributed by atoms with van der Waals surface area (Å²) in [7, 11) is 0. The van der Waals surface area contributed by atoms with Crippen molar-refractivity contribution in [1.29, 1.82) is 5.26 Å². The lowest BCUT2D eigenvalue weighted by Gasteiger charge is -2.21. The zero-order valence-electron chi connectivity index (χ0n) is 15.1. The van der Waals surface area contributed by atoms with Crippen LogP contribution in [-0.4, -0.2) is 41.9 Å². The Balaban J connectivity index is 1.40. The normalized spacial score (nSPS) is 15.4. The Kier molecular flexibility index (Phi) is 4.91. The largest absolute Gasteiger partial charge is 0.451 e. The monoisotopic (exact) mass is 359 g/mol. The van der Waals surface area contributed by atoms with Crippen molar-refractivity contribution >= 4 is 16.9 Å². The molecule has 136 valence electrons. The van der Waals surface area contributed by atoms with Crippen molar-refractivity contribution in [2.24, 2.45) is 0 Å². The van der Waals surface area contributed by atoms with Gasteiger partial charge in [0.15, 0.2) is 5.76 Å². The first kappa shape index (κ1) is 17.3. The highest BCUT2D eigenvalue weighted by Crippen LogP contribution is 2.21. The number of nitriles is 1. The lowest BCUT2D eigenvalue weighted by molar-refractivity contribution is 0.0731. The van der Waals surface area contributed by atoms with Crippen molar-refractivity contribution in [2.75, 3.05) is 26.2 Å². The molecule has 0 aliphatic carbocycles. The molecule has 5 heteroatoms. The van der Waals surface area contributed by atoms with Crippen molar-refractivity contribution in [1.82, 2.24) is 9.80 Å². The van der Waals surface area contributed by atoms with Gasteiger partial charge in [-0.2, -0.15) is 5.26 Å². The van der Waals surface area contributed by atoms with E-state index in [0.717, 1.165) is 43.6 Å². The molecule has 0 bridgehead atoms. The van der Waals surface area contributed by atoms with Gasteiger partial charge in [0, 0.05) is 38.1 Å². The van der Waals surface area contributed by atoms with Gasteiger partial charge in [-0.1, -0.05) is 30.3 Å². The predicted octanol–water partition coefficient (Wildman–Crippen LogP) is 3.65. The molecule has 0 atom stereocenters. The number of amides is 1. The molecule has 1 aliphatic rings. The number of carbonyl (C=O) groups is 1. The SMILES string of the molecule is N#Cc1ccc(CN2CCCN(C(=O)c3cc4ccccc4o3)CC2)cc1. The Morgan fingerprint density at radius 2 is 1.85 bits per heavy atom. The van der Waals surface area contributed by atoms with Gasteiger partial charge < -0.3 is 9.32 Å². The first-order chi connectivity index (χ1) is 13.2. The number of carbonyl (C=O) groups excluding carboxylic acids is 1. The summed E-state index contributed by atoms with van der Waals surface area (Å²) in [4.78, 5) is 17.1. The van der Waals surface area contributed by atoms with E-state index < -0.39 is 0 Å². The molecule has 0 N–H and O–H groups in total. The summed E-state index contributed by atoms with van der Waals surface area (Å²) in [5.41, 5.74) is 2.61. The highest BCUT2D eigenvalue weighted by molar-refractivity contribution is 5.96. The first-order valence-electron chi connectivity index (χ1n) is 9.22. The number of hydrogen-bond acceptors (Lipinski definition) is 4. The lowest BCUT2D eigenvalue weighted by atomic mass is 10.1. The minimum absolute atomic E-state index is 0.0357. The Labute approximate surface area is 158 Å². The third-order valence-corrected chi connectivity index (χ3v) is 5.00. The molecule has 0 spiro atoms. The molecule has 0 unspecified atom stereocenters. The van der Waals surface area contributed by atoms with Crippen LogP contribution in [0.1, 0.15) is 28.1 Å². The molecule has 2 heterocycles. The number of nitrogens with zero attached hydrogens (tertiary/aromatic N) is 3. The van der Waals surface area contributed by atoms with Crippen LogP contribution in [0.4, 0.5) is 0 Å². The van der Waals surface area contributed by atoms with Crippen LogP contribution in [-0.2, 0) is 6.54 Å². The summed E-state index contributed by atoms with van der Waals surface area (Å²) in [6.45, 7) is 4.03. The van der Waals surface area contributed by atoms with Crippen LogP contribution in [0.3, 0.4) is 0 Å². The molecule has 4 rings (SSSR count). The van der Waals surface area contributed by atoms with E-state index in [1.165, 1.54) is 5.56 Å². The zero-order valence-corrected chi connectivity index (χ0v) is 15.1. The molecule has 5 nitrogen and oxygen atoms in total. The van der Waals surface area contributed by atoms with Gasteiger partial charge in [-0.3, -0.25) is 9.69 Å². The highest BCUT2D eigenvalue weighted by atomic mass is 16.3. The van der Waals surface area contributed by atoms with Crippen LogP contribution < -0.4 is 0 Å². The predicted molar refractivity (Wildman–Crippen MR) is 103 cm³/mol. The van der Waals surface area contributed by atoms with Gasteiger partial charge in [-0.05, 0) is 36.2 Å². The summed E-state index contributed by atoms with van der Waals surface area (Å²) in [6, 6.07) is 19.4. The summed E-state index contributed by atoms with van der Waals surface area (Å²) in [5.74, 6) is 0.378. The van der Waals surface area contributed by atoms with Crippen LogP contribution in [0.15, 0.2) is 59.0 Å². The highest BCUT2D eigenvalue weighted by Gasteiger charge is 2.23. The number of benzene rings is 2. The Bertz CT molecular complexity index is 952. The second-order valence-corrected chi connectivity index (χ2v) is 6.88. The Hall–Kier alpha value is -3.10. The third kappa shape index (κ3) is 3.86. The Morgan fingerprint density at radius 3 is 2.63 bits per heavy atom. The van der Waals surface area contributed by atoms with Gasteiger partial charge in [-0.15, -0.1) is 0 Å². The first-order valence-corrected chi connectivity index (χ1v) is 9.22. The molecule has 1 aliphatic heterocycles. The molecule has 0 radical (unpaired) electrons. The summed E-state index contributed by atoms with van der Waals surface area (Å²) >= 11 is 0. The van der Waals surface area contributed by atoms with Crippen molar-refractivity contribution < 1.29 is 9.21 Å². The molecule has 1 aromatic heterocycles. The summed E-state index contributed by atoms with van der Waals surface area (Å²) in [5, 5.41) is 9.86. The topological polar surface area (TPSA) is 60.5 Å². The van der Waals surface area contributed by atoms with Crippen LogP contribution in [0.2, 0.25) is 0 Å². The van der Waals surface area contributed by atoms with E-state index in [2.05, 4.69) is 11.0 Å². The van der Waals surface area contributed by atoms with E-state index >= 15 is 0 Å². The van der Waals surface area contributed by atoms with Crippen LogP contribution in [0.5, 0.6) is 0 Å². The van der Waals surface area contributed by atoms with E-state index in [0.29, 0.717) is 17.9 Å². The molecule has 27 heavy (non-hydrogen) atoms. The molecule has 2 aromatic carbocycles. The molecular weight excluding hydrogens is 338 g/mol. The number of rotatable bonds is 3. The van der Waals surface area contributed by atoms with Crippen molar-refractivity contribution in [3.63, 3.8) is 0 Å². The minimum Gasteiger partial charge on any atom is -0.451 e. The fraction of sp³-hybridized carbons (Fsp3) is 0.273. The van der Waals surface area contributed by atoms with Gasteiger partial charge in [0.25, 0.3) is 5.91 Å². The molecule has 0 saturated carbocycles. The zero-order chi connectivity index (χ0) is 18.6. The van der Waals surface area contributed by atoms with Crippen molar-refractivity contribution in [3.8, 4) is 6.07 Å². The van der Waals surface area contributed by atoms with E-state index in [-0.39, 0.29) is 5.91 Å². The maximum atomic E-state index is 12.8. The third-order valence-electron chi connectivity index (χ3n) is 5.00. The van der Waals surface area contributed by atoms with Crippen molar-refractivity contribution in [2.45, 2.75) is 13.0 Å². The fourth-order valence-electron chi connectivity index (χ4n) is 3.52. The minimum atomic E-state index is -0.0357. The average molecular weight is 359 g/mol. The number of hydrogen-bond donors (Lipinski definition) is 0. The second-order valence-electron chi connectivity index (χ2n) is 6.88. The molecule has 3 aromatic rings. The van der Waals surface area contributed by atoms with E-state index in [1.54, 1.807) is 0 Å². The summed E-state index contributed by atoms with van der Waals surface area (Å²) < 4.78 is 5.74. The lowest BCUT2D eigenvalue weighted by Crippen LogP contribution is -2.34. The number of furan rings is 1. The number of fused-ring (bicyclic) bond motifs is 1. The Morgan fingerprint density at radius 1 is 1.04 bits per heavy atom. The van der Waals surface area contributed by atoms with E-state index in [1.807, 2.05) is 59.5 Å². The van der Waals surface area contributed by atoms with E-state index in [9.17, 15) is 4.79 Å². The van der Waals surface area contributed by atoms with Crippen LogP contribution >= 0.6 is 0 Å². The van der Waals surface area contributed by atoms with E-state index in [4.69, 9.17) is 9.68 Å². The van der Waals surface area contributed by atoms with Crippen LogP contribution in [0, 0.1) is 11.3 Å². The fourth-order valence-corrected chi connectivity index (χ4v) is 3.52. The molecule has 1 saturated heterocycles. The quantitative estimate of drug-likeness (QED) is 0.716. The second kappa shape index (κ2) is 7.65. The molecule has 1 amide bonds. The van der Waals surface area contributed by atoms with Crippen LogP contribution in [0.25, 0.3) is 11.0 Å². The van der Waals surface area contributed by atoms with Gasteiger partial charge in [0.2, 0.25) is 0 Å². The number of para-hydroxylation sites is 1. The van der Waals surface area contributed by atoms with Gasteiger partial charge in [0.1, 0.15) is 5.58 Å². The molecular formula is C22H21N3O2.